The van der Waals surface area contributed by atoms with Gasteiger partial charge in [-0.25, -0.2) is 13.1 Å². The van der Waals surface area contributed by atoms with Crippen molar-refractivity contribution < 1.29 is 13.5 Å². The Kier molecular flexibility index (Phi) is 4.67. The van der Waals surface area contributed by atoms with Crippen LogP contribution < -0.4 is 9.62 Å². The molecule has 1 fully saturated rings. The molecule has 0 saturated carbocycles. The molecule has 1 heterocycles. The number of aliphatic hydroxyl groups is 1. The molecule has 1 aromatic rings. The molecule has 0 aromatic heterocycles. The van der Waals surface area contributed by atoms with Gasteiger partial charge in [0.25, 0.3) is 0 Å². The van der Waals surface area contributed by atoms with E-state index in [0.717, 1.165) is 18.7 Å². The maximum atomic E-state index is 12.4. The van der Waals surface area contributed by atoms with Gasteiger partial charge in [0.15, 0.2) is 0 Å². The molecule has 2 N–H and O–H groups in total. The van der Waals surface area contributed by atoms with Crippen LogP contribution in [0, 0.1) is 5.92 Å². The van der Waals surface area contributed by atoms with E-state index in [1.165, 1.54) is 0 Å². The summed E-state index contributed by atoms with van der Waals surface area (Å²) < 4.78 is 27.4. The van der Waals surface area contributed by atoms with E-state index in [1.807, 2.05) is 17.0 Å². The fraction of sp³-hybridized carbons (Fsp3) is 0.571. The van der Waals surface area contributed by atoms with Crippen LogP contribution in [-0.4, -0.2) is 39.3 Å². The number of aliphatic hydroxyl groups excluding tert-OH is 1. The standard InChI is InChI=1S/C14H22N2O3S/c1-11(2)15-20(18,19)14-6-4-3-5-13(14)16-8-7-12(9-16)10-17/h3-6,11-12,15,17H,7-10H2,1-2H3. The molecule has 0 spiro atoms. The third-order valence-corrected chi connectivity index (χ3v) is 5.14. The maximum Gasteiger partial charge on any atom is 0.242 e. The number of nitrogens with one attached hydrogen (secondary N) is 1. The van der Waals surface area contributed by atoms with Crippen LogP contribution in [0.15, 0.2) is 29.2 Å². The second-order valence-corrected chi connectivity index (χ2v) is 7.21. The smallest absolute Gasteiger partial charge is 0.242 e. The van der Waals surface area contributed by atoms with E-state index in [9.17, 15) is 13.5 Å². The first-order chi connectivity index (χ1) is 9.44. The Morgan fingerprint density at radius 3 is 2.70 bits per heavy atom. The maximum absolute atomic E-state index is 12.4. The molecule has 0 aliphatic carbocycles. The van der Waals surface area contributed by atoms with Crippen molar-refractivity contribution in [2.45, 2.75) is 31.2 Å². The SMILES string of the molecule is CC(C)NS(=O)(=O)c1ccccc1N1CCC(CO)C1. The molecule has 1 aliphatic heterocycles. The van der Waals surface area contributed by atoms with E-state index < -0.39 is 10.0 Å². The van der Waals surface area contributed by atoms with Crippen LogP contribution in [0.25, 0.3) is 0 Å². The van der Waals surface area contributed by atoms with E-state index >= 15 is 0 Å². The van der Waals surface area contributed by atoms with Gasteiger partial charge in [-0.05, 0) is 32.4 Å². The van der Waals surface area contributed by atoms with Gasteiger partial charge in [-0.1, -0.05) is 12.1 Å². The number of benzene rings is 1. The highest BCUT2D eigenvalue weighted by molar-refractivity contribution is 7.89. The first-order valence-corrected chi connectivity index (χ1v) is 8.39. The monoisotopic (exact) mass is 298 g/mol. The lowest BCUT2D eigenvalue weighted by Crippen LogP contribution is -2.32. The Balaban J connectivity index is 2.32. The van der Waals surface area contributed by atoms with Gasteiger partial charge in [-0.3, -0.25) is 0 Å². The molecule has 20 heavy (non-hydrogen) atoms. The number of anilines is 1. The highest BCUT2D eigenvalue weighted by Crippen LogP contribution is 2.29. The van der Waals surface area contributed by atoms with Crippen LogP contribution in [0.4, 0.5) is 5.69 Å². The first-order valence-electron chi connectivity index (χ1n) is 6.91. The Labute approximate surface area is 120 Å². The summed E-state index contributed by atoms with van der Waals surface area (Å²) in [5.41, 5.74) is 0.719. The van der Waals surface area contributed by atoms with E-state index in [4.69, 9.17) is 0 Å². The highest BCUT2D eigenvalue weighted by atomic mass is 32.2. The Bertz CT molecular complexity index is 557. The summed E-state index contributed by atoms with van der Waals surface area (Å²) in [6.07, 6.45) is 0.891. The van der Waals surface area contributed by atoms with Crippen LogP contribution in [-0.2, 0) is 10.0 Å². The van der Waals surface area contributed by atoms with E-state index in [2.05, 4.69) is 4.72 Å². The average molecular weight is 298 g/mol. The predicted molar refractivity (Wildman–Crippen MR) is 79.3 cm³/mol. The molecule has 1 saturated heterocycles. The normalized spacial score (nSPS) is 19.8. The van der Waals surface area contributed by atoms with Gasteiger partial charge in [-0.15, -0.1) is 0 Å². The molecule has 6 heteroatoms. The van der Waals surface area contributed by atoms with Crippen molar-refractivity contribution in [3.63, 3.8) is 0 Å². The fourth-order valence-electron chi connectivity index (χ4n) is 2.52. The van der Waals surface area contributed by atoms with Crippen LogP contribution >= 0.6 is 0 Å². The summed E-state index contributed by atoms with van der Waals surface area (Å²) in [6.45, 7) is 5.23. The molecule has 1 unspecified atom stereocenters. The molecule has 0 amide bonds. The van der Waals surface area contributed by atoms with Gasteiger partial charge in [0.2, 0.25) is 10.0 Å². The second-order valence-electron chi connectivity index (χ2n) is 5.53. The largest absolute Gasteiger partial charge is 0.396 e. The van der Waals surface area contributed by atoms with Gasteiger partial charge >= 0.3 is 0 Å². The van der Waals surface area contributed by atoms with Crippen molar-refractivity contribution in [2.24, 2.45) is 5.92 Å². The summed E-state index contributed by atoms with van der Waals surface area (Å²) in [7, 11) is -3.51. The summed E-state index contributed by atoms with van der Waals surface area (Å²) >= 11 is 0. The summed E-state index contributed by atoms with van der Waals surface area (Å²) in [6, 6.07) is 6.89. The molecular formula is C14H22N2O3S. The minimum atomic E-state index is -3.51. The zero-order valence-electron chi connectivity index (χ0n) is 11.9. The average Bonchev–Trinajstić information content (AvgIpc) is 2.86. The minimum Gasteiger partial charge on any atom is -0.396 e. The van der Waals surface area contributed by atoms with Gasteiger partial charge in [0, 0.05) is 31.7 Å². The lowest BCUT2D eigenvalue weighted by Gasteiger charge is -2.22. The summed E-state index contributed by atoms with van der Waals surface area (Å²) in [5, 5.41) is 9.22. The summed E-state index contributed by atoms with van der Waals surface area (Å²) in [4.78, 5) is 2.35. The molecule has 0 bridgehead atoms. The van der Waals surface area contributed by atoms with Gasteiger partial charge in [-0.2, -0.15) is 0 Å². The molecule has 5 nitrogen and oxygen atoms in total. The molecule has 1 atom stereocenters. The number of nitrogens with zero attached hydrogens (tertiary/aromatic N) is 1. The van der Waals surface area contributed by atoms with Gasteiger partial charge in [0.05, 0.1) is 5.69 Å². The third-order valence-electron chi connectivity index (χ3n) is 3.43. The predicted octanol–water partition coefficient (Wildman–Crippen LogP) is 1.19. The fourth-order valence-corrected chi connectivity index (χ4v) is 4.00. The van der Waals surface area contributed by atoms with Crippen LogP contribution in [0.2, 0.25) is 0 Å². The van der Waals surface area contributed by atoms with E-state index in [1.54, 1.807) is 26.0 Å². The van der Waals surface area contributed by atoms with Crippen molar-refractivity contribution in [3.05, 3.63) is 24.3 Å². The minimum absolute atomic E-state index is 0.142. The Morgan fingerprint density at radius 1 is 1.40 bits per heavy atom. The number of para-hydroxylation sites is 1. The second kappa shape index (κ2) is 6.11. The van der Waals surface area contributed by atoms with Crippen molar-refractivity contribution >= 4 is 15.7 Å². The Morgan fingerprint density at radius 2 is 2.10 bits per heavy atom. The number of sulfonamides is 1. The molecule has 112 valence electrons. The first kappa shape index (κ1) is 15.3. The zero-order valence-corrected chi connectivity index (χ0v) is 12.7. The van der Waals surface area contributed by atoms with Gasteiger partial charge in [0.1, 0.15) is 4.90 Å². The van der Waals surface area contributed by atoms with Crippen molar-refractivity contribution in [1.82, 2.24) is 4.72 Å². The highest BCUT2D eigenvalue weighted by Gasteiger charge is 2.27. The molecule has 1 aromatic carbocycles. The number of hydrogen-bond donors (Lipinski definition) is 2. The lowest BCUT2D eigenvalue weighted by molar-refractivity contribution is 0.238. The molecule has 2 rings (SSSR count). The Hall–Kier alpha value is -1.11. The topological polar surface area (TPSA) is 69.6 Å². The van der Waals surface area contributed by atoms with Crippen molar-refractivity contribution in [3.8, 4) is 0 Å². The lowest BCUT2D eigenvalue weighted by atomic mass is 10.1. The van der Waals surface area contributed by atoms with E-state index in [0.29, 0.717) is 11.4 Å². The van der Waals surface area contributed by atoms with Crippen LogP contribution in [0.5, 0.6) is 0 Å². The number of rotatable bonds is 5. The van der Waals surface area contributed by atoms with Gasteiger partial charge < -0.3 is 10.0 Å². The zero-order chi connectivity index (χ0) is 14.8. The quantitative estimate of drug-likeness (QED) is 0.857. The summed E-state index contributed by atoms with van der Waals surface area (Å²) in [5.74, 6) is 0.226. The molecular weight excluding hydrogens is 276 g/mol. The molecule has 1 aliphatic rings. The third kappa shape index (κ3) is 3.31. The van der Waals surface area contributed by atoms with Crippen LogP contribution in [0.3, 0.4) is 0 Å². The van der Waals surface area contributed by atoms with Crippen molar-refractivity contribution in [1.29, 1.82) is 0 Å². The number of hydrogen-bond acceptors (Lipinski definition) is 4. The van der Waals surface area contributed by atoms with E-state index in [-0.39, 0.29) is 18.6 Å². The van der Waals surface area contributed by atoms with Crippen molar-refractivity contribution in [2.75, 3.05) is 24.6 Å². The van der Waals surface area contributed by atoms with Crippen LogP contribution in [0.1, 0.15) is 20.3 Å². The molecule has 0 radical (unpaired) electrons.